The van der Waals surface area contributed by atoms with Gasteiger partial charge in [-0.15, -0.1) is 0 Å². The van der Waals surface area contributed by atoms with Crippen LogP contribution in [0.2, 0.25) is 0 Å². The smallest absolute Gasteiger partial charge is 0.160 e. The number of nitrogens with zero attached hydrogens (tertiary/aromatic N) is 3. The molecule has 9 aromatic carbocycles. The van der Waals surface area contributed by atoms with E-state index in [2.05, 4.69) is 180 Å². The average molecular weight is 740 g/mol. The summed E-state index contributed by atoms with van der Waals surface area (Å²) in [6, 6.07) is 70.9. The van der Waals surface area contributed by atoms with Gasteiger partial charge < -0.3 is 8.98 Å². The van der Waals surface area contributed by atoms with Crippen molar-refractivity contribution in [1.82, 2.24) is 14.5 Å². The predicted molar refractivity (Wildman–Crippen MR) is 240 cm³/mol. The van der Waals surface area contributed by atoms with Crippen molar-refractivity contribution >= 4 is 65.3 Å². The topological polar surface area (TPSA) is 43.9 Å². The highest BCUT2D eigenvalue weighted by Crippen LogP contribution is 2.40. The van der Waals surface area contributed by atoms with Crippen LogP contribution in [0.15, 0.2) is 205 Å². The van der Waals surface area contributed by atoms with Gasteiger partial charge in [-0.3, -0.25) is 0 Å². The molecule has 0 spiro atoms. The number of para-hydroxylation sites is 1. The normalized spacial score (nSPS) is 11.8. The Labute approximate surface area is 333 Å². The van der Waals surface area contributed by atoms with Gasteiger partial charge in [0, 0.05) is 43.9 Å². The molecule has 12 aromatic rings. The van der Waals surface area contributed by atoms with Crippen molar-refractivity contribution in [1.29, 1.82) is 0 Å². The average Bonchev–Trinajstić information content (AvgIpc) is 3.83. The highest BCUT2D eigenvalue weighted by molar-refractivity contribution is 6.14. The minimum atomic E-state index is 0.686. The van der Waals surface area contributed by atoms with Crippen LogP contribution in [-0.2, 0) is 0 Å². The lowest BCUT2D eigenvalue weighted by atomic mass is 9.99. The van der Waals surface area contributed by atoms with Gasteiger partial charge in [0.2, 0.25) is 0 Å². The summed E-state index contributed by atoms with van der Waals surface area (Å²) in [5, 5.41) is 9.47. The van der Waals surface area contributed by atoms with Crippen molar-refractivity contribution in [3.8, 4) is 50.7 Å². The largest absolute Gasteiger partial charge is 0.456 e. The summed E-state index contributed by atoms with van der Waals surface area (Å²) in [4.78, 5) is 10.3. The second-order valence-electron chi connectivity index (χ2n) is 15.0. The van der Waals surface area contributed by atoms with Crippen LogP contribution >= 0.6 is 0 Å². The van der Waals surface area contributed by atoms with Gasteiger partial charge in [-0.25, -0.2) is 9.97 Å². The Morgan fingerprint density at radius 1 is 0.362 bits per heavy atom. The van der Waals surface area contributed by atoms with Gasteiger partial charge in [-0.05, 0) is 93.3 Å². The summed E-state index contributed by atoms with van der Waals surface area (Å²) in [6.45, 7) is 0. The van der Waals surface area contributed by atoms with Crippen molar-refractivity contribution in [3.63, 3.8) is 0 Å². The molecule has 3 heterocycles. The van der Waals surface area contributed by atoms with Crippen LogP contribution in [0.5, 0.6) is 0 Å². The zero-order valence-corrected chi connectivity index (χ0v) is 31.3. The number of aromatic nitrogens is 3. The fourth-order valence-electron chi connectivity index (χ4n) is 8.75. The second-order valence-corrected chi connectivity index (χ2v) is 15.0. The van der Waals surface area contributed by atoms with Crippen LogP contribution in [0.1, 0.15) is 0 Å². The standard InChI is InChI=1S/C54H33N3O/c1-2-12-36(13-3-1)54-55-47(41-22-21-34-11-4-5-14-37(34)29-41)33-48(56-54)44-18-10-20-51-53(44)45-28-25-40(32-52(45)58-51)35-23-26-42(27-24-35)57-49-19-9-8-17-43(49)46-30-38-15-6-7-16-39(38)31-50(46)57/h1-33H. The van der Waals surface area contributed by atoms with Gasteiger partial charge in [-0.1, -0.05) is 140 Å². The molecule has 0 saturated heterocycles. The molecule has 0 radical (unpaired) electrons. The van der Waals surface area contributed by atoms with Crippen molar-refractivity contribution in [2.75, 3.05) is 0 Å². The predicted octanol–water partition coefficient (Wildman–Crippen LogP) is 14.4. The minimum absolute atomic E-state index is 0.686. The first-order chi connectivity index (χ1) is 28.7. The lowest BCUT2D eigenvalue weighted by Gasteiger charge is -2.11. The fraction of sp³-hybridized carbons (Fsp3) is 0. The van der Waals surface area contributed by atoms with Crippen molar-refractivity contribution < 1.29 is 4.42 Å². The Bertz CT molecular complexity index is 3560. The Hall–Kier alpha value is -7.82. The lowest BCUT2D eigenvalue weighted by Crippen LogP contribution is -1.96. The molecule has 0 bridgehead atoms. The third-order valence-electron chi connectivity index (χ3n) is 11.6. The molecule has 0 fully saturated rings. The summed E-state index contributed by atoms with van der Waals surface area (Å²) in [7, 11) is 0. The molecule has 0 aliphatic heterocycles. The summed E-state index contributed by atoms with van der Waals surface area (Å²) >= 11 is 0. The molecule has 3 aromatic heterocycles. The number of fused-ring (bicyclic) bond motifs is 8. The highest BCUT2D eigenvalue weighted by Gasteiger charge is 2.18. The van der Waals surface area contributed by atoms with Crippen LogP contribution in [0.25, 0.3) is 116 Å². The Balaban J connectivity index is 0.958. The van der Waals surface area contributed by atoms with Gasteiger partial charge in [0.15, 0.2) is 5.82 Å². The molecule has 58 heavy (non-hydrogen) atoms. The van der Waals surface area contributed by atoms with Gasteiger partial charge >= 0.3 is 0 Å². The van der Waals surface area contributed by atoms with Gasteiger partial charge in [-0.2, -0.15) is 0 Å². The van der Waals surface area contributed by atoms with E-state index >= 15 is 0 Å². The SMILES string of the molecule is c1ccc(-c2nc(-c3ccc4ccccc4c3)cc(-c3cccc4oc5cc(-c6ccc(-n7c8ccccc8c8cc9ccccc9cc87)cc6)ccc5c34)n2)cc1. The molecule has 270 valence electrons. The van der Waals surface area contributed by atoms with Crippen molar-refractivity contribution in [2.45, 2.75) is 0 Å². The van der Waals surface area contributed by atoms with Crippen LogP contribution in [0, 0.1) is 0 Å². The first-order valence-corrected chi connectivity index (χ1v) is 19.6. The molecule has 4 heteroatoms. The fourth-order valence-corrected chi connectivity index (χ4v) is 8.75. The minimum Gasteiger partial charge on any atom is -0.456 e. The zero-order chi connectivity index (χ0) is 38.2. The quantitative estimate of drug-likeness (QED) is 0.177. The molecule has 12 rings (SSSR count). The van der Waals surface area contributed by atoms with Crippen LogP contribution in [0.3, 0.4) is 0 Å². The zero-order valence-electron chi connectivity index (χ0n) is 31.3. The Morgan fingerprint density at radius 2 is 1.05 bits per heavy atom. The monoisotopic (exact) mass is 739 g/mol. The Kier molecular flexibility index (Phi) is 7.20. The van der Waals surface area contributed by atoms with Crippen molar-refractivity contribution in [2.24, 2.45) is 0 Å². The van der Waals surface area contributed by atoms with Crippen LogP contribution in [0.4, 0.5) is 0 Å². The van der Waals surface area contributed by atoms with E-state index in [4.69, 9.17) is 14.4 Å². The molecule has 0 aliphatic rings. The molecule has 0 N–H and O–H groups in total. The molecule has 0 saturated carbocycles. The van der Waals surface area contributed by atoms with E-state index in [1.54, 1.807) is 0 Å². The third-order valence-corrected chi connectivity index (χ3v) is 11.6. The summed E-state index contributed by atoms with van der Waals surface area (Å²) in [6.07, 6.45) is 0. The van der Waals surface area contributed by atoms with Crippen LogP contribution < -0.4 is 0 Å². The van der Waals surface area contributed by atoms with E-state index in [1.807, 2.05) is 24.3 Å². The maximum atomic E-state index is 6.62. The van der Waals surface area contributed by atoms with Gasteiger partial charge in [0.1, 0.15) is 11.2 Å². The summed E-state index contributed by atoms with van der Waals surface area (Å²) in [5.74, 6) is 0.686. The first kappa shape index (κ1) is 32.4. The maximum Gasteiger partial charge on any atom is 0.160 e. The first-order valence-electron chi connectivity index (χ1n) is 19.6. The summed E-state index contributed by atoms with van der Waals surface area (Å²) < 4.78 is 9.00. The molecule has 0 unspecified atom stereocenters. The number of hydrogen-bond donors (Lipinski definition) is 0. The van der Waals surface area contributed by atoms with E-state index in [0.29, 0.717) is 5.82 Å². The highest BCUT2D eigenvalue weighted by atomic mass is 16.3. The molecular formula is C54H33N3O. The molecule has 0 amide bonds. The number of furan rings is 1. The van der Waals surface area contributed by atoms with Gasteiger partial charge in [0.05, 0.1) is 22.4 Å². The van der Waals surface area contributed by atoms with Gasteiger partial charge in [0.25, 0.3) is 0 Å². The second kappa shape index (κ2) is 12.9. The van der Waals surface area contributed by atoms with Crippen molar-refractivity contribution in [3.05, 3.63) is 200 Å². The lowest BCUT2D eigenvalue weighted by molar-refractivity contribution is 0.669. The van der Waals surface area contributed by atoms with E-state index < -0.39 is 0 Å². The molecule has 0 atom stereocenters. The summed E-state index contributed by atoms with van der Waals surface area (Å²) in [5.41, 5.74) is 12.2. The van der Waals surface area contributed by atoms with E-state index in [-0.39, 0.29) is 0 Å². The number of hydrogen-bond acceptors (Lipinski definition) is 3. The third kappa shape index (κ3) is 5.23. The molecule has 0 aliphatic carbocycles. The van der Waals surface area contributed by atoms with E-state index in [1.165, 1.54) is 43.4 Å². The molecular weight excluding hydrogens is 707 g/mol. The number of benzene rings is 9. The van der Waals surface area contributed by atoms with E-state index in [0.717, 1.165) is 66.8 Å². The maximum absolute atomic E-state index is 6.62. The van der Waals surface area contributed by atoms with Crippen LogP contribution in [-0.4, -0.2) is 14.5 Å². The Morgan fingerprint density at radius 3 is 1.90 bits per heavy atom. The number of rotatable bonds is 5. The molecule has 4 nitrogen and oxygen atoms in total. The van der Waals surface area contributed by atoms with E-state index in [9.17, 15) is 0 Å².